The third kappa shape index (κ3) is 3.98. The molecule has 1 amide bonds. The maximum atomic E-state index is 12.9. The van der Waals surface area contributed by atoms with Gasteiger partial charge in [-0.05, 0) is 31.4 Å². The van der Waals surface area contributed by atoms with Crippen molar-refractivity contribution in [2.75, 3.05) is 45.2 Å². The Morgan fingerprint density at radius 1 is 1.23 bits per heavy atom. The number of rotatable bonds is 4. The standard InChI is InChI=1S/C19H28N4O3/c1-20-12-8-16(9-13-20)21(2)19(24)15-6-7-17(18(14-15)23(25)26)22-10-4-3-5-11-22/h6-7,14,16H,3-5,8-13H2,1-2H3/p+1. The summed E-state index contributed by atoms with van der Waals surface area (Å²) in [5.74, 6) is -0.122. The number of carbonyl (C=O) groups excluding carboxylic acids is 1. The minimum absolute atomic E-state index is 0.0407. The van der Waals surface area contributed by atoms with Gasteiger partial charge in [0.15, 0.2) is 0 Å². The molecule has 3 rings (SSSR count). The fourth-order valence-electron chi connectivity index (χ4n) is 4.06. The first kappa shape index (κ1) is 18.6. The highest BCUT2D eigenvalue weighted by Gasteiger charge is 2.28. The first-order chi connectivity index (χ1) is 12.5. The highest BCUT2D eigenvalue weighted by atomic mass is 16.6. The highest BCUT2D eigenvalue weighted by Crippen LogP contribution is 2.31. The van der Waals surface area contributed by atoms with Crippen LogP contribution in [0, 0.1) is 10.1 Å². The predicted molar refractivity (Wildman–Crippen MR) is 101 cm³/mol. The summed E-state index contributed by atoms with van der Waals surface area (Å²) < 4.78 is 0. The van der Waals surface area contributed by atoms with E-state index in [9.17, 15) is 14.9 Å². The number of quaternary nitrogens is 1. The molecule has 0 bridgehead atoms. The Balaban J connectivity index is 1.80. The van der Waals surface area contributed by atoms with Crippen molar-refractivity contribution in [3.63, 3.8) is 0 Å². The van der Waals surface area contributed by atoms with E-state index in [0.717, 1.165) is 51.9 Å². The van der Waals surface area contributed by atoms with E-state index < -0.39 is 0 Å². The van der Waals surface area contributed by atoms with Crippen LogP contribution in [0.15, 0.2) is 18.2 Å². The second-order valence-electron chi connectivity index (χ2n) is 7.61. The first-order valence-electron chi connectivity index (χ1n) is 9.59. The van der Waals surface area contributed by atoms with Gasteiger partial charge in [0.1, 0.15) is 5.69 Å². The molecule has 0 radical (unpaired) electrons. The molecule has 7 heteroatoms. The fourth-order valence-corrected chi connectivity index (χ4v) is 4.06. The summed E-state index contributed by atoms with van der Waals surface area (Å²) in [6.45, 7) is 3.78. The number of hydrogen-bond acceptors (Lipinski definition) is 4. The van der Waals surface area contributed by atoms with Crippen LogP contribution in [0.4, 0.5) is 11.4 Å². The molecule has 1 aromatic carbocycles. The average molecular weight is 361 g/mol. The summed E-state index contributed by atoms with van der Waals surface area (Å²) in [5, 5.41) is 11.6. The van der Waals surface area contributed by atoms with Crippen LogP contribution in [-0.2, 0) is 0 Å². The summed E-state index contributed by atoms with van der Waals surface area (Å²) in [7, 11) is 3.98. The minimum atomic E-state index is -0.361. The van der Waals surface area contributed by atoms with Crippen LogP contribution in [0.25, 0.3) is 0 Å². The van der Waals surface area contributed by atoms with Crippen molar-refractivity contribution in [2.45, 2.75) is 38.1 Å². The Labute approximate surface area is 154 Å². The topological polar surface area (TPSA) is 71.1 Å². The summed E-state index contributed by atoms with van der Waals surface area (Å²) in [4.78, 5) is 29.4. The molecule has 2 heterocycles. The smallest absolute Gasteiger partial charge is 0.293 e. The van der Waals surface area contributed by atoms with Crippen molar-refractivity contribution in [3.05, 3.63) is 33.9 Å². The number of nitrogens with zero attached hydrogens (tertiary/aromatic N) is 3. The number of hydrogen-bond donors (Lipinski definition) is 1. The maximum Gasteiger partial charge on any atom is 0.293 e. The third-order valence-corrected chi connectivity index (χ3v) is 5.79. The predicted octanol–water partition coefficient (Wildman–Crippen LogP) is 1.33. The van der Waals surface area contributed by atoms with Crippen LogP contribution in [0.3, 0.4) is 0 Å². The molecule has 2 aliphatic rings. The SMILES string of the molecule is CN(C(=O)c1ccc(N2CCCCC2)c([N+](=O)[O-])c1)C1CC[NH+](C)CC1. The first-order valence-corrected chi connectivity index (χ1v) is 9.59. The largest absolute Gasteiger partial charge is 0.366 e. The van der Waals surface area contributed by atoms with E-state index in [2.05, 4.69) is 11.9 Å². The van der Waals surface area contributed by atoms with Crippen molar-refractivity contribution >= 4 is 17.3 Å². The monoisotopic (exact) mass is 361 g/mol. The Kier molecular flexibility index (Phi) is 5.76. The summed E-state index contributed by atoms with van der Waals surface area (Å²) >= 11 is 0. The molecule has 26 heavy (non-hydrogen) atoms. The minimum Gasteiger partial charge on any atom is -0.366 e. The highest BCUT2D eigenvalue weighted by molar-refractivity contribution is 5.95. The fraction of sp³-hybridized carbons (Fsp3) is 0.632. The average Bonchev–Trinajstić information content (AvgIpc) is 2.67. The molecule has 7 nitrogen and oxygen atoms in total. The van der Waals surface area contributed by atoms with Crippen molar-refractivity contribution in [1.29, 1.82) is 0 Å². The number of anilines is 1. The van der Waals surface area contributed by atoms with E-state index in [1.54, 1.807) is 17.0 Å². The lowest BCUT2D eigenvalue weighted by molar-refractivity contribution is -0.885. The number of amides is 1. The van der Waals surface area contributed by atoms with E-state index in [4.69, 9.17) is 0 Å². The molecule has 0 aliphatic carbocycles. The van der Waals surface area contributed by atoms with E-state index >= 15 is 0 Å². The molecular weight excluding hydrogens is 332 g/mol. The Bertz CT molecular complexity index is 665. The van der Waals surface area contributed by atoms with Crippen molar-refractivity contribution in [3.8, 4) is 0 Å². The van der Waals surface area contributed by atoms with Crippen molar-refractivity contribution in [2.24, 2.45) is 0 Å². The molecule has 0 spiro atoms. The zero-order chi connectivity index (χ0) is 18.7. The molecule has 2 aliphatic heterocycles. The second-order valence-corrected chi connectivity index (χ2v) is 7.61. The van der Waals surface area contributed by atoms with Gasteiger partial charge in [0.05, 0.1) is 25.1 Å². The molecule has 1 N–H and O–H groups in total. The van der Waals surface area contributed by atoms with Gasteiger partial charge in [-0.3, -0.25) is 14.9 Å². The van der Waals surface area contributed by atoms with Crippen LogP contribution in [0.5, 0.6) is 0 Å². The number of nitro benzene ring substituents is 1. The van der Waals surface area contributed by atoms with Gasteiger partial charge in [0.25, 0.3) is 11.6 Å². The molecule has 1 aromatic rings. The molecule has 2 fully saturated rings. The van der Waals surface area contributed by atoms with Gasteiger partial charge in [-0.15, -0.1) is 0 Å². The summed E-state index contributed by atoms with van der Waals surface area (Å²) in [6.07, 6.45) is 5.23. The van der Waals surface area contributed by atoms with Crippen LogP contribution in [-0.4, -0.2) is 62.0 Å². The van der Waals surface area contributed by atoms with Crippen LogP contribution < -0.4 is 9.80 Å². The number of benzene rings is 1. The molecule has 0 saturated carbocycles. The Morgan fingerprint density at radius 3 is 2.50 bits per heavy atom. The summed E-state index contributed by atoms with van der Waals surface area (Å²) in [5.41, 5.74) is 1.09. The van der Waals surface area contributed by atoms with Gasteiger partial charge in [0.2, 0.25) is 0 Å². The number of likely N-dealkylation sites (tertiary alicyclic amines) is 1. The quantitative estimate of drug-likeness (QED) is 0.649. The van der Waals surface area contributed by atoms with Crippen molar-refractivity contribution in [1.82, 2.24) is 4.90 Å². The molecule has 2 saturated heterocycles. The molecule has 0 unspecified atom stereocenters. The van der Waals surface area contributed by atoms with Gasteiger partial charge < -0.3 is 14.7 Å². The van der Waals surface area contributed by atoms with E-state index in [0.29, 0.717) is 11.3 Å². The van der Waals surface area contributed by atoms with Crippen LogP contribution >= 0.6 is 0 Å². The number of nitro groups is 1. The van der Waals surface area contributed by atoms with E-state index in [1.807, 2.05) is 7.05 Å². The Hall–Kier alpha value is -2.15. The number of piperidine rings is 2. The lowest BCUT2D eigenvalue weighted by Gasteiger charge is -2.33. The zero-order valence-electron chi connectivity index (χ0n) is 15.7. The van der Waals surface area contributed by atoms with E-state index in [-0.39, 0.29) is 22.6 Å². The maximum absolute atomic E-state index is 12.9. The van der Waals surface area contributed by atoms with E-state index in [1.165, 1.54) is 17.4 Å². The van der Waals surface area contributed by atoms with Gasteiger partial charge >= 0.3 is 0 Å². The lowest BCUT2D eigenvalue weighted by Crippen LogP contribution is -3.10. The Morgan fingerprint density at radius 2 is 1.88 bits per heavy atom. The van der Waals surface area contributed by atoms with Gasteiger partial charge in [-0.25, -0.2) is 0 Å². The normalized spacial score (nSPS) is 23.5. The van der Waals surface area contributed by atoms with Gasteiger partial charge in [-0.1, -0.05) is 0 Å². The zero-order valence-corrected chi connectivity index (χ0v) is 15.7. The van der Waals surface area contributed by atoms with Gasteiger partial charge in [-0.2, -0.15) is 0 Å². The lowest BCUT2D eigenvalue weighted by atomic mass is 10.0. The molecule has 0 aromatic heterocycles. The number of carbonyl (C=O) groups is 1. The molecular formula is C19H29N4O3+. The van der Waals surface area contributed by atoms with Gasteiger partial charge in [0, 0.05) is 50.7 Å². The third-order valence-electron chi connectivity index (χ3n) is 5.79. The number of nitrogens with one attached hydrogen (secondary N) is 1. The van der Waals surface area contributed by atoms with Crippen LogP contribution in [0.1, 0.15) is 42.5 Å². The summed E-state index contributed by atoms with van der Waals surface area (Å²) in [6, 6.07) is 5.18. The van der Waals surface area contributed by atoms with Crippen LogP contribution in [0.2, 0.25) is 0 Å². The van der Waals surface area contributed by atoms with Crippen molar-refractivity contribution < 1.29 is 14.6 Å². The second kappa shape index (κ2) is 8.03. The molecule has 142 valence electrons. The molecule has 0 atom stereocenters.